The first-order valence-corrected chi connectivity index (χ1v) is 5.35. The topological polar surface area (TPSA) is 9.23 Å². The van der Waals surface area contributed by atoms with E-state index >= 15 is 0 Å². The van der Waals surface area contributed by atoms with Gasteiger partial charge in [-0.15, -0.1) is 13.2 Å². The van der Waals surface area contributed by atoms with E-state index in [9.17, 15) is 17.6 Å². The van der Waals surface area contributed by atoms with E-state index in [-0.39, 0.29) is 3.57 Å². The van der Waals surface area contributed by atoms with Gasteiger partial charge < -0.3 is 4.74 Å². The highest BCUT2D eigenvalue weighted by molar-refractivity contribution is 14.1. The molecule has 0 unspecified atom stereocenters. The van der Waals surface area contributed by atoms with Gasteiger partial charge in [0.1, 0.15) is 0 Å². The molecule has 14 heavy (non-hydrogen) atoms. The van der Waals surface area contributed by atoms with Gasteiger partial charge in [-0.1, -0.05) is 0 Å². The molecule has 1 nitrogen and oxygen atoms in total. The Morgan fingerprint density at radius 2 is 1.71 bits per heavy atom. The Labute approximate surface area is 104 Å². The summed E-state index contributed by atoms with van der Waals surface area (Å²) in [5, 5.41) is 0. The molecule has 1 aromatic rings. The zero-order valence-corrected chi connectivity index (χ0v) is 10.6. The van der Waals surface area contributed by atoms with Gasteiger partial charge in [0.15, 0.2) is 11.6 Å². The molecule has 0 heterocycles. The summed E-state index contributed by atoms with van der Waals surface area (Å²) in [5.41, 5.74) is 0. The van der Waals surface area contributed by atoms with Crippen LogP contribution in [0.2, 0.25) is 0 Å². The van der Waals surface area contributed by atoms with E-state index in [1.54, 1.807) is 45.2 Å². The Bertz CT molecular complexity index is 350. The van der Waals surface area contributed by atoms with E-state index in [1.165, 1.54) is 6.07 Å². The molecule has 0 bridgehead atoms. The van der Waals surface area contributed by atoms with Crippen molar-refractivity contribution in [3.63, 3.8) is 0 Å². The van der Waals surface area contributed by atoms with E-state index in [1.807, 2.05) is 0 Å². The molecule has 7 heteroatoms. The summed E-state index contributed by atoms with van der Waals surface area (Å²) in [7, 11) is 0. The van der Waals surface area contributed by atoms with Crippen molar-refractivity contribution in [3.8, 4) is 5.75 Å². The molecule has 0 fully saturated rings. The van der Waals surface area contributed by atoms with Crippen LogP contribution in [0.3, 0.4) is 0 Å². The molecule has 1 aromatic carbocycles. The normalized spacial score (nSPS) is 11.6. The predicted molar refractivity (Wildman–Crippen MR) is 58.5 cm³/mol. The molecule has 0 amide bonds. The molecule has 0 N–H and O–H groups in total. The lowest BCUT2D eigenvalue weighted by Gasteiger charge is -2.10. The lowest BCUT2D eigenvalue weighted by molar-refractivity contribution is -0.275. The molecule has 0 spiro atoms. The molecule has 78 valence electrons. The van der Waals surface area contributed by atoms with Gasteiger partial charge in [0.2, 0.25) is 0 Å². The quantitative estimate of drug-likeness (QED) is 0.372. The SMILES string of the molecule is Fc1c(I)cc(I)cc1OC(F)(F)F. The van der Waals surface area contributed by atoms with Crippen LogP contribution in [0, 0.1) is 13.0 Å². The largest absolute Gasteiger partial charge is 0.573 e. The first kappa shape index (κ1) is 12.3. The van der Waals surface area contributed by atoms with Crippen LogP contribution in [-0.2, 0) is 0 Å². The Balaban J connectivity index is 3.09. The lowest BCUT2D eigenvalue weighted by atomic mass is 10.3. The average molecular weight is 432 g/mol. The molecule has 0 saturated carbocycles. The van der Waals surface area contributed by atoms with Crippen LogP contribution in [0.1, 0.15) is 0 Å². The fourth-order valence-electron chi connectivity index (χ4n) is 0.731. The van der Waals surface area contributed by atoms with Crippen molar-refractivity contribution in [3.05, 3.63) is 25.1 Å². The number of alkyl halides is 3. The average Bonchev–Trinajstić information content (AvgIpc) is 1.96. The third-order valence-electron chi connectivity index (χ3n) is 1.19. The molecular formula is C7H2F4I2O. The van der Waals surface area contributed by atoms with E-state index in [2.05, 4.69) is 4.74 Å². The van der Waals surface area contributed by atoms with Crippen molar-refractivity contribution in [1.29, 1.82) is 0 Å². The van der Waals surface area contributed by atoms with E-state index in [0.29, 0.717) is 3.57 Å². The van der Waals surface area contributed by atoms with Gasteiger partial charge in [0, 0.05) is 3.57 Å². The lowest BCUT2D eigenvalue weighted by Crippen LogP contribution is -2.18. The molecule has 0 aliphatic rings. The van der Waals surface area contributed by atoms with Gasteiger partial charge in [-0.05, 0) is 57.3 Å². The zero-order valence-electron chi connectivity index (χ0n) is 6.33. The first-order valence-electron chi connectivity index (χ1n) is 3.20. The Morgan fingerprint density at radius 1 is 1.14 bits per heavy atom. The van der Waals surface area contributed by atoms with Crippen LogP contribution in [-0.4, -0.2) is 6.36 Å². The maximum Gasteiger partial charge on any atom is 0.573 e. The summed E-state index contributed by atoms with van der Waals surface area (Å²) in [6.07, 6.45) is -4.87. The molecule has 0 saturated heterocycles. The van der Waals surface area contributed by atoms with Gasteiger partial charge in [-0.3, -0.25) is 0 Å². The van der Waals surface area contributed by atoms with Gasteiger partial charge in [0.05, 0.1) is 3.57 Å². The minimum atomic E-state index is -4.87. The second kappa shape index (κ2) is 4.37. The maximum atomic E-state index is 13.1. The molecule has 0 radical (unpaired) electrons. The smallest absolute Gasteiger partial charge is 0.403 e. The van der Waals surface area contributed by atoms with Crippen LogP contribution < -0.4 is 4.74 Å². The van der Waals surface area contributed by atoms with Crippen LogP contribution in [0.4, 0.5) is 17.6 Å². The van der Waals surface area contributed by atoms with E-state index in [0.717, 1.165) is 6.07 Å². The summed E-state index contributed by atoms with van der Waals surface area (Å²) in [6, 6.07) is 2.41. The molecule has 0 aromatic heterocycles. The van der Waals surface area contributed by atoms with Gasteiger partial charge in [-0.2, -0.15) is 0 Å². The van der Waals surface area contributed by atoms with Crippen molar-refractivity contribution in [2.75, 3.05) is 0 Å². The highest BCUT2D eigenvalue weighted by Gasteiger charge is 2.32. The highest BCUT2D eigenvalue weighted by Crippen LogP contribution is 2.29. The van der Waals surface area contributed by atoms with Crippen LogP contribution in [0.25, 0.3) is 0 Å². The predicted octanol–water partition coefficient (Wildman–Crippen LogP) is 3.93. The third kappa shape index (κ3) is 3.41. The number of hydrogen-bond donors (Lipinski definition) is 0. The van der Waals surface area contributed by atoms with Crippen molar-refractivity contribution in [1.82, 2.24) is 0 Å². The van der Waals surface area contributed by atoms with Crippen molar-refractivity contribution in [2.45, 2.75) is 6.36 Å². The van der Waals surface area contributed by atoms with Gasteiger partial charge in [0.25, 0.3) is 0 Å². The number of hydrogen-bond acceptors (Lipinski definition) is 1. The maximum absolute atomic E-state index is 13.1. The van der Waals surface area contributed by atoms with E-state index in [4.69, 9.17) is 0 Å². The molecule has 0 atom stereocenters. The second-order valence-corrected chi connectivity index (χ2v) is 4.66. The summed E-state index contributed by atoms with van der Waals surface area (Å²) in [4.78, 5) is 0. The highest BCUT2D eigenvalue weighted by atomic mass is 127. The fourth-order valence-corrected chi connectivity index (χ4v) is 2.52. The zero-order chi connectivity index (χ0) is 10.9. The molecular weight excluding hydrogens is 430 g/mol. The number of halogens is 6. The summed E-state index contributed by atoms with van der Waals surface area (Å²) < 4.78 is 52.5. The fraction of sp³-hybridized carbons (Fsp3) is 0.143. The van der Waals surface area contributed by atoms with Crippen molar-refractivity contribution in [2.24, 2.45) is 0 Å². The summed E-state index contributed by atoms with van der Waals surface area (Å²) in [6.45, 7) is 0. The molecule has 0 aliphatic carbocycles. The standard InChI is InChI=1S/C7H2F4I2O/c8-6-4(13)1-3(12)2-5(6)14-7(9,10)11/h1-2H. The Morgan fingerprint density at radius 3 is 2.21 bits per heavy atom. The molecule has 1 rings (SSSR count). The first-order chi connectivity index (χ1) is 6.29. The van der Waals surface area contributed by atoms with Crippen LogP contribution in [0.15, 0.2) is 12.1 Å². The van der Waals surface area contributed by atoms with Crippen LogP contribution >= 0.6 is 45.2 Å². The minimum absolute atomic E-state index is 0.0914. The monoisotopic (exact) mass is 432 g/mol. The third-order valence-corrected chi connectivity index (χ3v) is 2.59. The van der Waals surface area contributed by atoms with Gasteiger partial charge in [-0.25, -0.2) is 4.39 Å². The Hall–Kier alpha value is 0.200. The number of benzene rings is 1. The second-order valence-electron chi connectivity index (χ2n) is 2.25. The summed E-state index contributed by atoms with van der Waals surface area (Å²) >= 11 is 3.38. The van der Waals surface area contributed by atoms with Crippen molar-refractivity contribution < 1.29 is 22.3 Å². The minimum Gasteiger partial charge on any atom is -0.403 e. The summed E-state index contributed by atoms with van der Waals surface area (Å²) in [5.74, 6) is -1.79. The van der Waals surface area contributed by atoms with Crippen LogP contribution in [0.5, 0.6) is 5.75 Å². The van der Waals surface area contributed by atoms with Crippen molar-refractivity contribution >= 4 is 45.2 Å². The number of ether oxygens (including phenoxy) is 1. The number of rotatable bonds is 1. The molecule has 0 aliphatic heterocycles. The van der Waals surface area contributed by atoms with Gasteiger partial charge >= 0.3 is 6.36 Å². The van der Waals surface area contributed by atoms with E-state index < -0.39 is 17.9 Å². The Kier molecular flexibility index (Phi) is 3.83.